The highest BCUT2D eigenvalue weighted by Crippen LogP contribution is 2.19. The first-order valence-electron chi connectivity index (χ1n) is 6.43. The van der Waals surface area contributed by atoms with Crippen molar-refractivity contribution in [1.82, 2.24) is 20.3 Å². The second-order valence-corrected chi connectivity index (χ2v) is 5.80. The molecule has 0 fully saturated rings. The monoisotopic (exact) mass is 260 g/mol. The molecule has 0 aliphatic carbocycles. The molecular weight excluding hydrogens is 240 g/mol. The van der Waals surface area contributed by atoms with E-state index in [0.717, 1.165) is 0 Å². The van der Waals surface area contributed by atoms with E-state index in [9.17, 15) is 4.79 Å². The zero-order chi connectivity index (χ0) is 14.0. The van der Waals surface area contributed by atoms with Gasteiger partial charge in [0, 0.05) is 6.04 Å². The van der Waals surface area contributed by atoms with Gasteiger partial charge in [-0.2, -0.15) is 0 Å². The second-order valence-electron chi connectivity index (χ2n) is 5.80. The highest BCUT2D eigenvalue weighted by molar-refractivity contribution is 5.76. The van der Waals surface area contributed by atoms with Crippen LogP contribution in [0, 0.1) is 5.41 Å². The summed E-state index contributed by atoms with van der Waals surface area (Å²) < 4.78 is 1.44. The lowest BCUT2D eigenvalue weighted by Gasteiger charge is -2.30. The molecule has 1 heterocycles. The van der Waals surface area contributed by atoms with Crippen LogP contribution in [0.3, 0.4) is 0 Å². The van der Waals surface area contributed by atoms with Crippen molar-refractivity contribution >= 4 is 10.9 Å². The zero-order valence-corrected chi connectivity index (χ0v) is 11.8. The molecule has 1 aromatic carbocycles. The van der Waals surface area contributed by atoms with Crippen LogP contribution >= 0.6 is 0 Å². The minimum atomic E-state index is -0.0879. The van der Waals surface area contributed by atoms with Gasteiger partial charge < -0.3 is 5.32 Å². The van der Waals surface area contributed by atoms with Crippen molar-refractivity contribution in [1.29, 1.82) is 0 Å². The van der Waals surface area contributed by atoms with Crippen molar-refractivity contribution in [3.63, 3.8) is 0 Å². The number of fused-ring (bicyclic) bond motifs is 1. The lowest BCUT2D eigenvalue weighted by Crippen LogP contribution is -2.44. The smallest absolute Gasteiger partial charge is 0.277 e. The molecule has 0 spiro atoms. The molecule has 102 valence electrons. The third-order valence-electron chi connectivity index (χ3n) is 3.38. The van der Waals surface area contributed by atoms with Gasteiger partial charge in [0.25, 0.3) is 5.56 Å². The molecule has 0 amide bonds. The van der Waals surface area contributed by atoms with E-state index in [0.29, 0.717) is 17.4 Å². The van der Waals surface area contributed by atoms with Crippen LogP contribution in [0.1, 0.15) is 20.8 Å². The average molecular weight is 260 g/mol. The predicted octanol–water partition coefficient (Wildman–Crippen LogP) is 1.43. The lowest BCUT2D eigenvalue weighted by molar-refractivity contribution is 0.242. The summed E-state index contributed by atoms with van der Waals surface area (Å²) in [6.07, 6.45) is 0. The van der Waals surface area contributed by atoms with Gasteiger partial charge in [0.2, 0.25) is 0 Å². The molecule has 0 bridgehead atoms. The topological polar surface area (TPSA) is 59.8 Å². The Balaban J connectivity index is 2.41. The number of aromatic nitrogens is 3. The molecule has 1 aromatic heterocycles. The fourth-order valence-corrected chi connectivity index (χ4v) is 2.11. The molecule has 1 unspecified atom stereocenters. The molecule has 0 saturated carbocycles. The van der Waals surface area contributed by atoms with E-state index in [-0.39, 0.29) is 17.0 Å². The van der Waals surface area contributed by atoms with Crippen LogP contribution in [-0.4, -0.2) is 28.1 Å². The Bertz CT molecular complexity index is 627. The van der Waals surface area contributed by atoms with Crippen LogP contribution in [0.2, 0.25) is 0 Å². The Labute approximate surface area is 112 Å². The maximum atomic E-state index is 12.3. The summed E-state index contributed by atoms with van der Waals surface area (Å²) in [6.45, 7) is 6.91. The number of rotatable bonds is 3. The highest BCUT2D eigenvalue weighted by Gasteiger charge is 2.24. The summed E-state index contributed by atoms with van der Waals surface area (Å²) in [7, 11) is 1.90. The largest absolute Gasteiger partial charge is 0.315 e. The summed E-state index contributed by atoms with van der Waals surface area (Å²) >= 11 is 0. The van der Waals surface area contributed by atoms with Gasteiger partial charge in [-0.25, -0.2) is 4.68 Å². The quantitative estimate of drug-likeness (QED) is 0.907. The molecule has 0 aliphatic rings. The van der Waals surface area contributed by atoms with Crippen molar-refractivity contribution in [2.24, 2.45) is 5.41 Å². The maximum absolute atomic E-state index is 12.3. The molecule has 0 saturated heterocycles. The van der Waals surface area contributed by atoms with E-state index in [1.54, 1.807) is 12.1 Å². The van der Waals surface area contributed by atoms with E-state index in [2.05, 4.69) is 36.4 Å². The first kappa shape index (κ1) is 13.7. The number of hydrogen-bond donors (Lipinski definition) is 1. The van der Waals surface area contributed by atoms with Crippen molar-refractivity contribution in [2.75, 3.05) is 7.05 Å². The normalized spacial score (nSPS) is 13.7. The van der Waals surface area contributed by atoms with Gasteiger partial charge in [0.1, 0.15) is 5.52 Å². The van der Waals surface area contributed by atoms with Crippen molar-refractivity contribution in [3.8, 4) is 0 Å². The molecule has 2 rings (SSSR count). The SMILES string of the molecule is CNC(Cn1nnc2ccccc2c1=O)C(C)(C)C. The van der Waals surface area contributed by atoms with Crippen LogP contribution in [0.4, 0.5) is 0 Å². The number of nitrogens with zero attached hydrogens (tertiary/aromatic N) is 3. The summed E-state index contributed by atoms with van der Waals surface area (Å²) in [5, 5.41) is 12.0. The minimum Gasteiger partial charge on any atom is -0.315 e. The van der Waals surface area contributed by atoms with Gasteiger partial charge in [0.05, 0.1) is 11.9 Å². The maximum Gasteiger partial charge on any atom is 0.277 e. The summed E-state index contributed by atoms with van der Waals surface area (Å²) in [5.74, 6) is 0. The van der Waals surface area contributed by atoms with E-state index in [1.165, 1.54) is 4.68 Å². The molecule has 5 nitrogen and oxygen atoms in total. The van der Waals surface area contributed by atoms with Crippen LogP contribution in [0.5, 0.6) is 0 Å². The summed E-state index contributed by atoms with van der Waals surface area (Å²) in [6, 6.07) is 7.43. The van der Waals surface area contributed by atoms with E-state index in [1.807, 2.05) is 19.2 Å². The van der Waals surface area contributed by atoms with Crippen LogP contribution < -0.4 is 10.9 Å². The highest BCUT2D eigenvalue weighted by atomic mass is 16.1. The zero-order valence-electron chi connectivity index (χ0n) is 11.8. The van der Waals surface area contributed by atoms with Crippen LogP contribution in [0.25, 0.3) is 10.9 Å². The minimum absolute atomic E-state index is 0.0432. The molecule has 1 N–H and O–H groups in total. The third kappa shape index (κ3) is 2.81. The van der Waals surface area contributed by atoms with Crippen molar-refractivity contribution in [2.45, 2.75) is 33.4 Å². The Hall–Kier alpha value is -1.75. The van der Waals surface area contributed by atoms with Gasteiger partial charge >= 0.3 is 0 Å². The van der Waals surface area contributed by atoms with Gasteiger partial charge in [0.15, 0.2) is 0 Å². The number of hydrogen-bond acceptors (Lipinski definition) is 4. The predicted molar refractivity (Wildman–Crippen MR) is 76.1 cm³/mol. The van der Waals surface area contributed by atoms with Crippen LogP contribution in [-0.2, 0) is 6.54 Å². The third-order valence-corrected chi connectivity index (χ3v) is 3.38. The molecule has 0 aliphatic heterocycles. The first-order chi connectivity index (χ1) is 8.93. The van der Waals surface area contributed by atoms with Gasteiger partial charge in [-0.1, -0.05) is 38.1 Å². The Kier molecular flexibility index (Phi) is 3.66. The molecule has 19 heavy (non-hydrogen) atoms. The van der Waals surface area contributed by atoms with E-state index >= 15 is 0 Å². The molecule has 0 radical (unpaired) electrons. The fraction of sp³-hybridized carbons (Fsp3) is 0.500. The average Bonchev–Trinajstić information content (AvgIpc) is 2.37. The summed E-state index contributed by atoms with van der Waals surface area (Å²) in [5.41, 5.74) is 0.595. The number of likely N-dealkylation sites (N-methyl/N-ethyl adjacent to an activating group) is 1. The van der Waals surface area contributed by atoms with Crippen molar-refractivity contribution in [3.05, 3.63) is 34.6 Å². The number of nitrogens with one attached hydrogen (secondary N) is 1. The van der Waals surface area contributed by atoms with E-state index < -0.39 is 0 Å². The standard InChI is InChI=1S/C14H20N4O/c1-14(2,3)12(15-4)9-18-13(19)10-7-5-6-8-11(10)16-17-18/h5-8,12,15H,9H2,1-4H3. The molecule has 5 heteroatoms. The van der Waals surface area contributed by atoms with Gasteiger partial charge in [-0.05, 0) is 24.6 Å². The first-order valence-corrected chi connectivity index (χ1v) is 6.43. The summed E-state index contributed by atoms with van der Waals surface area (Å²) in [4.78, 5) is 12.3. The molecule has 2 aromatic rings. The Morgan fingerprint density at radius 3 is 2.63 bits per heavy atom. The van der Waals surface area contributed by atoms with Crippen LogP contribution in [0.15, 0.2) is 29.1 Å². The van der Waals surface area contributed by atoms with Crippen molar-refractivity contribution < 1.29 is 0 Å². The van der Waals surface area contributed by atoms with Gasteiger partial charge in [-0.3, -0.25) is 4.79 Å². The Morgan fingerprint density at radius 2 is 2.00 bits per heavy atom. The molecular formula is C14H20N4O. The lowest BCUT2D eigenvalue weighted by atomic mass is 9.87. The fourth-order valence-electron chi connectivity index (χ4n) is 2.11. The number of benzene rings is 1. The second kappa shape index (κ2) is 5.09. The Morgan fingerprint density at radius 1 is 1.32 bits per heavy atom. The van der Waals surface area contributed by atoms with Gasteiger partial charge in [-0.15, -0.1) is 5.10 Å². The van der Waals surface area contributed by atoms with E-state index in [4.69, 9.17) is 0 Å². The molecule has 1 atom stereocenters.